The van der Waals surface area contributed by atoms with Crippen LogP contribution >= 0.6 is 0 Å². The van der Waals surface area contributed by atoms with Crippen LogP contribution in [-0.2, 0) is 0 Å². The Morgan fingerprint density at radius 3 is 2.46 bits per heavy atom. The van der Waals surface area contributed by atoms with E-state index >= 15 is 0 Å². The minimum atomic E-state index is -4.52. The maximum Gasteiger partial charge on any atom is 0.412 e. The molecule has 2 radical (unpaired) electrons. The number of aliphatic imine (C=N–C) groups is 1. The highest BCUT2D eigenvalue weighted by molar-refractivity contribution is 5.60. The Morgan fingerprint density at radius 2 is 2.08 bits per heavy atom. The Morgan fingerprint density at radius 1 is 1.46 bits per heavy atom. The van der Waals surface area contributed by atoms with E-state index in [1.165, 1.54) is 0 Å². The topological polar surface area (TPSA) is 15.6 Å². The van der Waals surface area contributed by atoms with Crippen molar-refractivity contribution >= 4 is 6.34 Å². The van der Waals surface area contributed by atoms with Gasteiger partial charge in [0.15, 0.2) is 12.4 Å². The van der Waals surface area contributed by atoms with E-state index in [9.17, 15) is 22.0 Å². The first-order valence-electron chi connectivity index (χ1n) is 3.31. The third-order valence-corrected chi connectivity index (χ3v) is 1.32. The van der Waals surface area contributed by atoms with Gasteiger partial charge >= 0.3 is 6.18 Å². The van der Waals surface area contributed by atoms with Gasteiger partial charge in [-0.25, -0.2) is 13.8 Å². The number of alkyl halides is 5. The lowest BCUT2D eigenvalue weighted by molar-refractivity contribution is -0.140. The van der Waals surface area contributed by atoms with E-state index in [4.69, 9.17) is 0 Å². The van der Waals surface area contributed by atoms with Gasteiger partial charge in [0.2, 0.25) is 0 Å². The van der Waals surface area contributed by atoms with E-state index in [1.807, 2.05) is 6.34 Å². The SMILES string of the molecule is FC(F)CN1[C]=NC(C(F)(F)F)[CH]1. The van der Waals surface area contributed by atoms with Crippen molar-refractivity contribution in [3.63, 3.8) is 0 Å². The summed E-state index contributed by atoms with van der Waals surface area (Å²) < 4.78 is 59.0. The van der Waals surface area contributed by atoms with E-state index in [-0.39, 0.29) is 0 Å². The minimum absolute atomic E-state index is 0.576. The Kier molecular flexibility index (Phi) is 2.72. The normalized spacial score (nSPS) is 23.2. The molecular formula is C6H5F5N2. The molecule has 1 aliphatic rings. The van der Waals surface area contributed by atoms with Crippen molar-refractivity contribution in [2.75, 3.05) is 6.54 Å². The second-order valence-electron chi connectivity index (χ2n) is 2.41. The van der Waals surface area contributed by atoms with Gasteiger partial charge in [-0.1, -0.05) is 0 Å². The maximum absolute atomic E-state index is 11.9. The molecule has 74 valence electrons. The van der Waals surface area contributed by atoms with Crippen molar-refractivity contribution in [2.45, 2.75) is 18.6 Å². The average molecular weight is 200 g/mol. The smallest absolute Gasteiger partial charge is 0.340 e. The second-order valence-corrected chi connectivity index (χ2v) is 2.41. The molecule has 1 heterocycles. The van der Waals surface area contributed by atoms with Crippen LogP contribution in [0.2, 0.25) is 0 Å². The van der Waals surface area contributed by atoms with Gasteiger partial charge in [0.05, 0.1) is 13.1 Å². The van der Waals surface area contributed by atoms with Crippen molar-refractivity contribution in [3.8, 4) is 0 Å². The first kappa shape index (κ1) is 10.2. The summed E-state index contributed by atoms with van der Waals surface area (Å²) in [5, 5.41) is 0. The van der Waals surface area contributed by atoms with E-state index in [2.05, 4.69) is 4.99 Å². The van der Waals surface area contributed by atoms with Gasteiger partial charge in [-0.05, 0) is 0 Å². The number of halogens is 5. The summed E-state index contributed by atoms with van der Waals surface area (Å²) >= 11 is 0. The van der Waals surface area contributed by atoms with Gasteiger partial charge in [0, 0.05) is 0 Å². The Hall–Kier alpha value is -0.880. The summed E-state index contributed by atoms with van der Waals surface area (Å²) in [5.74, 6) is 0. The minimum Gasteiger partial charge on any atom is -0.340 e. The fraction of sp³-hybridized carbons (Fsp3) is 0.667. The first-order valence-corrected chi connectivity index (χ1v) is 3.31. The zero-order valence-electron chi connectivity index (χ0n) is 6.22. The standard InChI is InChI=1S/C6H5F5N2/c7-5(8)2-13-1-4(12-3-13)6(9,10)11/h1,4-5H,2H2. The molecule has 0 saturated heterocycles. The third kappa shape index (κ3) is 2.82. The summed E-state index contributed by atoms with van der Waals surface area (Å²) in [5.41, 5.74) is 0. The summed E-state index contributed by atoms with van der Waals surface area (Å²) in [6.07, 6.45) is -5.38. The third-order valence-electron chi connectivity index (χ3n) is 1.32. The van der Waals surface area contributed by atoms with Gasteiger partial charge < -0.3 is 4.90 Å². The molecule has 0 N–H and O–H groups in total. The molecule has 0 aromatic carbocycles. The Bertz CT molecular complexity index is 200. The van der Waals surface area contributed by atoms with Crippen LogP contribution in [0.5, 0.6) is 0 Å². The lowest BCUT2D eigenvalue weighted by Gasteiger charge is -2.15. The van der Waals surface area contributed by atoms with Crippen LogP contribution in [0.3, 0.4) is 0 Å². The van der Waals surface area contributed by atoms with Gasteiger partial charge in [0.1, 0.15) is 0 Å². The van der Waals surface area contributed by atoms with Gasteiger partial charge in [0.25, 0.3) is 6.43 Å². The van der Waals surface area contributed by atoms with Crippen LogP contribution in [0.4, 0.5) is 22.0 Å². The highest BCUT2D eigenvalue weighted by Gasteiger charge is 2.43. The van der Waals surface area contributed by atoms with Crippen molar-refractivity contribution in [1.29, 1.82) is 0 Å². The predicted molar refractivity (Wildman–Crippen MR) is 34.3 cm³/mol. The molecule has 0 amide bonds. The fourth-order valence-corrected chi connectivity index (χ4v) is 0.782. The van der Waals surface area contributed by atoms with E-state index in [1.54, 1.807) is 0 Å². The number of hydrogen-bond donors (Lipinski definition) is 0. The highest BCUT2D eigenvalue weighted by Crippen LogP contribution is 2.28. The van der Waals surface area contributed by atoms with Gasteiger partial charge in [-0.3, -0.25) is 0 Å². The van der Waals surface area contributed by atoms with Gasteiger partial charge in [-0.15, -0.1) is 0 Å². The lowest BCUT2D eigenvalue weighted by atomic mass is 10.3. The summed E-state index contributed by atoms with van der Waals surface area (Å²) in [7, 11) is 0. The van der Waals surface area contributed by atoms with Crippen LogP contribution < -0.4 is 0 Å². The van der Waals surface area contributed by atoms with Crippen LogP contribution in [0.25, 0.3) is 0 Å². The molecule has 13 heavy (non-hydrogen) atoms. The fourth-order valence-electron chi connectivity index (χ4n) is 0.782. The zero-order chi connectivity index (χ0) is 10.1. The molecular weight excluding hydrogens is 195 g/mol. The molecule has 0 aromatic rings. The molecule has 0 fully saturated rings. The molecule has 0 saturated carbocycles. The largest absolute Gasteiger partial charge is 0.412 e. The lowest BCUT2D eigenvalue weighted by Crippen LogP contribution is -2.31. The summed E-state index contributed by atoms with van der Waals surface area (Å²) in [6, 6.07) is -2.04. The predicted octanol–water partition coefficient (Wildman–Crippen LogP) is 1.57. The molecule has 2 nitrogen and oxygen atoms in total. The Labute approximate surface area is 71.0 Å². The molecule has 0 bridgehead atoms. The molecule has 7 heteroatoms. The van der Waals surface area contributed by atoms with Crippen LogP contribution in [0.15, 0.2) is 4.99 Å². The average Bonchev–Trinajstić information content (AvgIpc) is 2.32. The zero-order valence-corrected chi connectivity index (χ0v) is 6.22. The second kappa shape index (κ2) is 3.47. The highest BCUT2D eigenvalue weighted by atomic mass is 19.4. The van der Waals surface area contributed by atoms with Crippen molar-refractivity contribution in [1.82, 2.24) is 4.90 Å². The molecule has 0 aliphatic carbocycles. The molecule has 1 rings (SSSR count). The van der Waals surface area contributed by atoms with Crippen LogP contribution in [-0.4, -0.2) is 36.4 Å². The quantitative estimate of drug-likeness (QED) is 0.617. The maximum atomic E-state index is 11.9. The van der Waals surface area contributed by atoms with Crippen LogP contribution in [0, 0.1) is 6.54 Å². The monoisotopic (exact) mass is 200 g/mol. The molecule has 1 unspecified atom stereocenters. The molecule has 0 aromatic heterocycles. The van der Waals surface area contributed by atoms with Crippen molar-refractivity contribution in [3.05, 3.63) is 6.54 Å². The number of hydrogen-bond acceptors (Lipinski definition) is 2. The number of nitrogens with zero attached hydrogens (tertiary/aromatic N) is 2. The van der Waals surface area contributed by atoms with Crippen molar-refractivity contribution in [2.24, 2.45) is 4.99 Å². The van der Waals surface area contributed by atoms with Crippen LogP contribution in [0.1, 0.15) is 0 Å². The van der Waals surface area contributed by atoms with E-state index < -0.39 is 25.2 Å². The summed E-state index contributed by atoms with van der Waals surface area (Å²) in [4.78, 5) is 3.52. The first-order chi connectivity index (χ1) is 5.89. The molecule has 1 aliphatic heterocycles. The number of rotatable bonds is 2. The van der Waals surface area contributed by atoms with Crippen molar-refractivity contribution < 1.29 is 22.0 Å². The molecule has 1 atom stereocenters. The van der Waals surface area contributed by atoms with E-state index in [0.717, 1.165) is 0 Å². The summed E-state index contributed by atoms with van der Waals surface area (Å²) in [6.45, 7) is -0.234. The Balaban J connectivity index is 2.43. The molecule has 0 spiro atoms. The van der Waals surface area contributed by atoms with Gasteiger partial charge in [-0.2, -0.15) is 13.2 Å². The van der Waals surface area contributed by atoms with E-state index in [0.29, 0.717) is 11.4 Å².